The van der Waals surface area contributed by atoms with Crippen LogP contribution in [0.5, 0.6) is 0 Å². The van der Waals surface area contributed by atoms with Gasteiger partial charge < -0.3 is 10.3 Å². The molecule has 0 saturated carbocycles. The van der Waals surface area contributed by atoms with E-state index in [0.29, 0.717) is 24.5 Å². The summed E-state index contributed by atoms with van der Waals surface area (Å²) in [5.41, 5.74) is 3.12. The van der Waals surface area contributed by atoms with Gasteiger partial charge in [0.25, 0.3) is 5.91 Å². The predicted octanol–water partition coefficient (Wildman–Crippen LogP) is 1.69. The van der Waals surface area contributed by atoms with Gasteiger partial charge in [0.1, 0.15) is 0 Å². The van der Waals surface area contributed by atoms with Gasteiger partial charge in [0.2, 0.25) is 0 Å². The number of nitrogen functional groups attached to an aromatic ring is 1. The molecule has 0 radical (unpaired) electrons. The molecule has 21 heavy (non-hydrogen) atoms. The average Bonchev–Trinajstić information content (AvgIpc) is 2.45. The van der Waals surface area contributed by atoms with Gasteiger partial charge in [-0.15, -0.1) is 0 Å². The van der Waals surface area contributed by atoms with Crippen LogP contribution in [0.1, 0.15) is 31.1 Å². The number of anilines is 1. The second-order valence-corrected chi connectivity index (χ2v) is 7.06. The normalized spacial score (nSPS) is 16.9. The number of hydrogen-bond donors (Lipinski definition) is 2. The van der Waals surface area contributed by atoms with Crippen LogP contribution in [0.15, 0.2) is 16.7 Å². The molecule has 1 aromatic heterocycles. The van der Waals surface area contributed by atoms with Crippen LogP contribution in [-0.4, -0.2) is 52.4 Å². The van der Waals surface area contributed by atoms with Crippen LogP contribution < -0.4 is 11.3 Å². The number of rotatable bonds is 2. The van der Waals surface area contributed by atoms with E-state index in [0.717, 1.165) is 17.6 Å². The highest BCUT2D eigenvalue weighted by Gasteiger charge is 2.29. The van der Waals surface area contributed by atoms with E-state index in [-0.39, 0.29) is 11.4 Å². The second kappa shape index (κ2) is 6.29. The Balaban J connectivity index is 2.11. The zero-order valence-corrected chi connectivity index (χ0v) is 14.3. The molecular formula is C14H22BrN5O. The van der Waals surface area contributed by atoms with Crippen molar-refractivity contribution >= 4 is 27.7 Å². The molecule has 6 nitrogen and oxygen atoms in total. The number of piperazine rings is 1. The highest BCUT2D eigenvalue weighted by atomic mass is 79.9. The third kappa shape index (κ3) is 3.72. The van der Waals surface area contributed by atoms with Crippen LogP contribution in [0, 0.1) is 0 Å². The maximum absolute atomic E-state index is 12.6. The molecular weight excluding hydrogens is 334 g/mol. The molecule has 3 N–H and O–H groups in total. The smallest absolute Gasteiger partial charge is 0.257 e. The van der Waals surface area contributed by atoms with Crippen molar-refractivity contribution < 1.29 is 4.79 Å². The Morgan fingerprint density at radius 1 is 1.33 bits per heavy atom. The Kier molecular flexibility index (Phi) is 4.85. The van der Waals surface area contributed by atoms with Gasteiger partial charge in [0.15, 0.2) is 5.82 Å². The number of pyridine rings is 1. The van der Waals surface area contributed by atoms with Crippen molar-refractivity contribution in [2.75, 3.05) is 31.6 Å². The van der Waals surface area contributed by atoms with E-state index in [1.54, 1.807) is 12.3 Å². The van der Waals surface area contributed by atoms with Crippen LogP contribution in [0.25, 0.3) is 0 Å². The molecule has 116 valence electrons. The molecule has 0 spiro atoms. The maximum atomic E-state index is 12.6. The topological polar surface area (TPSA) is 74.5 Å². The Morgan fingerprint density at radius 3 is 2.48 bits per heavy atom. The number of nitrogens with zero attached hydrogens (tertiary/aromatic N) is 3. The van der Waals surface area contributed by atoms with E-state index in [4.69, 9.17) is 5.84 Å². The predicted molar refractivity (Wildman–Crippen MR) is 87.0 cm³/mol. The molecule has 0 atom stereocenters. The third-order valence-electron chi connectivity index (χ3n) is 3.74. The summed E-state index contributed by atoms with van der Waals surface area (Å²) in [7, 11) is 0. The van der Waals surface area contributed by atoms with Gasteiger partial charge in [-0.25, -0.2) is 10.8 Å². The Morgan fingerprint density at radius 2 is 1.95 bits per heavy atom. The number of hydrazine groups is 1. The van der Waals surface area contributed by atoms with E-state index in [1.807, 2.05) is 4.90 Å². The van der Waals surface area contributed by atoms with Gasteiger partial charge in [-0.3, -0.25) is 9.69 Å². The molecule has 1 fully saturated rings. The first kappa shape index (κ1) is 16.2. The maximum Gasteiger partial charge on any atom is 0.257 e. The summed E-state index contributed by atoms with van der Waals surface area (Å²) in [5, 5.41) is 0. The number of halogens is 1. The van der Waals surface area contributed by atoms with E-state index in [1.165, 1.54) is 0 Å². The summed E-state index contributed by atoms with van der Waals surface area (Å²) in [5.74, 6) is 5.81. The monoisotopic (exact) mass is 355 g/mol. The summed E-state index contributed by atoms with van der Waals surface area (Å²) in [6.07, 6.45) is 1.61. The number of nitrogens with one attached hydrogen (secondary N) is 1. The first-order valence-electron chi connectivity index (χ1n) is 6.99. The zero-order chi connectivity index (χ0) is 15.6. The van der Waals surface area contributed by atoms with Gasteiger partial charge in [0.05, 0.1) is 5.56 Å². The van der Waals surface area contributed by atoms with Crippen LogP contribution in [0.4, 0.5) is 5.82 Å². The molecule has 0 bridgehead atoms. The molecule has 0 unspecified atom stereocenters. The van der Waals surface area contributed by atoms with Crippen molar-refractivity contribution in [2.24, 2.45) is 5.84 Å². The number of hydrogen-bond acceptors (Lipinski definition) is 5. The first-order valence-corrected chi connectivity index (χ1v) is 7.78. The van der Waals surface area contributed by atoms with Gasteiger partial charge in [-0.2, -0.15) is 0 Å². The van der Waals surface area contributed by atoms with Crippen LogP contribution in [-0.2, 0) is 0 Å². The van der Waals surface area contributed by atoms with Crippen molar-refractivity contribution in [3.05, 3.63) is 22.3 Å². The molecule has 1 amide bonds. The van der Waals surface area contributed by atoms with Crippen molar-refractivity contribution in [1.29, 1.82) is 0 Å². The lowest BCUT2D eigenvalue weighted by molar-refractivity contribution is 0.0451. The Labute approximate surface area is 133 Å². The lowest BCUT2D eigenvalue weighted by atomic mass is 10.0. The number of aromatic nitrogens is 1. The average molecular weight is 356 g/mol. The van der Waals surface area contributed by atoms with Gasteiger partial charge >= 0.3 is 0 Å². The van der Waals surface area contributed by atoms with Gasteiger partial charge in [-0.05, 0) is 42.8 Å². The quantitative estimate of drug-likeness (QED) is 0.623. The zero-order valence-electron chi connectivity index (χ0n) is 12.7. The molecule has 1 aliphatic heterocycles. The number of amides is 1. The number of carbonyl (C=O) groups excluding carboxylic acids is 1. The molecule has 1 aliphatic rings. The first-order chi connectivity index (χ1) is 9.82. The van der Waals surface area contributed by atoms with Crippen molar-refractivity contribution in [3.63, 3.8) is 0 Å². The summed E-state index contributed by atoms with van der Waals surface area (Å²) < 4.78 is 0.762. The lowest BCUT2D eigenvalue weighted by Gasteiger charge is -2.42. The minimum absolute atomic E-state index is 0.0368. The molecule has 0 aliphatic carbocycles. The fourth-order valence-electron chi connectivity index (χ4n) is 2.47. The molecule has 2 heterocycles. The Hall–Kier alpha value is -1.18. The molecule has 7 heteroatoms. The third-order valence-corrected chi connectivity index (χ3v) is 4.17. The number of carbonyl (C=O) groups is 1. The van der Waals surface area contributed by atoms with Crippen molar-refractivity contribution in [2.45, 2.75) is 26.3 Å². The van der Waals surface area contributed by atoms with E-state index >= 15 is 0 Å². The molecule has 2 rings (SSSR count). The van der Waals surface area contributed by atoms with Crippen LogP contribution in [0.3, 0.4) is 0 Å². The SMILES string of the molecule is CC(C)(C)N1CCN(C(=O)c2cc(Br)cnc2NN)CC1. The van der Waals surface area contributed by atoms with E-state index in [9.17, 15) is 4.79 Å². The highest BCUT2D eigenvalue weighted by molar-refractivity contribution is 9.10. The molecule has 1 aromatic rings. The fourth-order valence-corrected chi connectivity index (χ4v) is 2.80. The minimum Gasteiger partial charge on any atom is -0.336 e. The summed E-state index contributed by atoms with van der Waals surface area (Å²) in [6, 6.07) is 1.75. The largest absolute Gasteiger partial charge is 0.336 e. The fraction of sp³-hybridized carbons (Fsp3) is 0.571. The van der Waals surface area contributed by atoms with Crippen LogP contribution in [0.2, 0.25) is 0 Å². The minimum atomic E-state index is -0.0368. The number of nitrogens with two attached hydrogens (primary N) is 1. The standard InChI is InChI=1S/C14H22BrN5O/c1-14(2,3)20-6-4-19(5-7-20)13(21)11-8-10(15)9-17-12(11)18-16/h8-9H,4-7,16H2,1-3H3,(H,17,18). The summed E-state index contributed by atoms with van der Waals surface area (Å²) in [4.78, 5) is 21.0. The summed E-state index contributed by atoms with van der Waals surface area (Å²) in [6.45, 7) is 9.76. The highest BCUT2D eigenvalue weighted by Crippen LogP contribution is 2.21. The van der Waals surface area contributed by atoms with E-state index in [2.05, 4.69) is 52.0 Å². The van der Waals surface area contributed by atoms with E-state index < -0.39 is 0 Å². The molecule has 0 aromatic carbocycles. The van der Waals surface area contributed by atoms with Gasteiger partial charge in [0, 0.05) is 42.4 Å². The van der Waals surface area contributed by atoms with Crippen molar-refractivity contribution in [3.8, 4) is 0 Å². The Bertz CT molecular complexity index is 521. The summed E-state index contributed by atoms with van der Waals surface area (Å²) >= 11 is 3.34. The molecule has 1 saturated heterocycles. The second-order valence-electron chi connectivity index (χ2n) is 6.14. The lowest BCUT2D eigenvalue weighted by Crippen LogP contribution is -2.54. The van der Waals surface area contributed by atoms with Gasteiger partial charge in [-0.1, -0.05) is 0 Å². The van der Waals surface area contributed by atoms with Crippen molar-refractivity contribution in [1.82, 2.24) is 14.8 Å². The van der Waals surface area contributed by atoms with Crippen LogP contribution >= 0.6 is 15.9 Å².